The third-order valence-corrected chi connectivity index (χ3v) is 1.96. The lowest BCUT2D eigenvalue weighted by Gasteiger charge is -2.22. The van der Waals surface area contributed by atoms with E-state index in [0.29, 0.717) is 6.54 Å². The number of nitrogens with two attached hydrogens (primary N) is 1. The number of nitrogen functional groups attached to an aromatic ring is 1. The lowest BCUT2D eigenvalue weighted by molar-refractivity contribution is 0.0228. The van der Waals surface area contributed by atoms with Gasteiger partial charge in [0, 0.05) is 13.7 Å². The highest BCUT2D eigenvalue weighted by Crippen LogP contribution is 2.07. The van der Waals surface area contributed by atoms with Gasteiger partial charge in [-0.2, -0.15) is 0 Å². The Kier molecular flexibility index (Phi) is 3.25. The molecule has 0 radical (unpaired) electrons. The Balaban J connectivity index is 2.55. The normalized spacial score (nSPS) is 11.4. The fourth-order valence-electron chi connectivity index (χ4n) is 0.802. The summed E-state index contributed by atoms with van der Waals surface area (Å²) in [6.07, 6.45) is 0. The molecule has 7 heteroatoms. The zero-order valence-corrected chi connectivity index (χ0v) is 8.90. The summed E-state index contributed by atoms with van der Waals surface area (Å²) >= 11 is 0. The molecule has 1 amide bonds. The molecule has 3 N–H and O–H groups in total. The van der Waals surface area contributed by atoms with Crippen molar-refractivity contribution in [2.75, 3.05) is 19.4 Å². The van der Waals surface area contributed by atoms with E-state index in [-0.39, 0.29) is 11.5 Å². The highest BCUT2D eigenvalue weighted by molar-refractivity contribution is 5.95. The number of hydrogen-bond donors (Lipinski definition) is 2. The molecule has 0 aliphatic carbocycles. The Morgan fingerprint density at radius 1 is 1.60 bits per heavy atom. The average molecular weight is 214 g/mol. The second-order valence-corrected chi connectivity index (χ2v) is 3.64. The van der Waals surface area contributed by atoms with Crippen LogP contribution in [0.2, 0.25) is 0 Å². The molecule has 0 saturated heterocycles. The number of nitrogens with one attached hydrogen (secondary N) is 1. The summed E-state index contributed by atoms with van der Waals surface area (Å²) in [7, 11) is 1.57. The van der Waals surface area contributed by atoms with E-state index in [1.165, 1.54) is 0 Å². The van der Waals surface area contributed by atoms with Crippen molar-refractivity contribution in [3.63, 3.8) is 0 Å². The molecule has 1 aromatic rings. The molecule has 0 bridgehead atoms. The fraction of sp³-hybridized carbons (Fsp3) is 0.625. The summed E-state index contributed by atoms with van der Waals surface area (Å²) in [4.78, 5) is 11.5. The Morgan fingerprint density at radius 3 is 2.73 bits per heavy atom. The summed E-state index contributed by atoms with van der Waals surface area (Å²) < 4.78 is 9.44. The quantitative estimate of drug-likeness (QED) is 0.719. The number of rotatable bonds is 4. The van der Waals surface area contributed by atoms with E-state index in [1.54, 1.807) is 7.11 Å². The van der Waals surface area contributed by atoms with Crippen molar-refractivity contribution in [3.05, 3.63) is 5.69 Å². The third kappa shape index (κ3) is 2.91. The summed E-state index contributed by atoms with van der Waals surface area (Å²) in [5.74, 6) is -0.457. The molecule has 0 aliphatic heterocycles. The van der Waals surface area contributed by atoms with Gasteiger partial charge >= 0.3 is 0 Å². The van der Waals surface area contributed by atoms with Crippen molar-refractivity contribution >= 4 is 11.7 Å². The van der Waals surface area contributed by atoms with Crippen LogP contribution in [0.3, 0.4) is 0 Å². The second kappa shape index (κ2) is 4.26. The van der Waals surface area contributed by atoms with Crippen LogP contribution >= 0.6 is 0 Å². The van der Waals surface area contributed by atoms with E-state index < -0.39 is 11.5 Å². The number of anilines is 1. The molecule has 0 spiro atoms. The standard InChI is InChI=1S/C8H14N4O3/c1-8(2,14-3)4-10-7(13)5-6(9)12-15-11-5/h4H2,1-3H3,(H2,9,12)(H,10,13). The highest BCUT2D eigenvalue weighted by atomic mass is 16.6. The first-order valence-electron chi connectivity index (χ1n) is 4.37. The maximum absolute atomic E-state index is 11.5. The first kappa shape index (κ1) is 11.4. The molecule has 1 rings (SSSR count). The minimum Gasteiger partial charge on any atom is -0.379 e. The number of carbonyl (C=O) groups is 1. The number of methoxy groups -OCH3 is 1. The van der Waals surface area contributed by atoms with Crippen LogP contribution in [-0.4, -0.2) is 35.5 Å². The van der Waals surface area contributed by atoms with Gasteiger partial charge in [-0.1, -0.05) is 0 Å². The average Bonchev–Trinajstić information content (AvgIpc) is 2.61. The molecular formula is C8H14N4O3. The highest BCUT2D eigenvalue weighted by Gasteiger charge is 2.21. The Bertz CT molecular complexity index is 347. The van der Waals surface area contributed by atoms with Gasteiger partial charge < -0.3 is 15.8 Å². The Labute approximate surface area is 86.9 Å². The number of nitrogens with zero attached hydrogens (tertiary/aromatic N) is 2. The summed E-state index contributed by atoms with van der Waals surface area (Å²) in [6.45, 7) is 4.03. The molecule has 0 unspecified atom stereocenters. The van der Waals surface area contributed by atoms with E-state index in [4.69, 9.17) is 10.5 Å². The van der Waals surface area contributed by atoms with Gasteiger partial charge in [-0.3, -0.25) is 4.79 Å². The minimum atomic E-state index is -0.443. The molecule has 1 heterocycles. The molecule has 84 valence electrons. The molecule has 15 heavy (non-hydrogen) atoms. The van der Waals surface area contributed by atoms with Crippen LogP contribution < -0.4 is 11.1 Å². The third-order valence-electron chi connectivity index (χ3n) is 1.96. The number of aromatic nitrogens is 2. The van der Waals surface area contributed by atoms with Crippen molar-refractivity contribution in [1.29, 1.82) is 0 Å². The van der Waals surface area contributed by atoms with Crippen LogP contribution in [0.4, 0.5) is 5.82 Å². The van der Waals surface area contributed by atoms with E-state index in [9.17, 15) is 4.79 Å². The van der Waals surface area contributed by atoms with Crippen molar-refractivity contribution < 1.29 is 14.2 Å². The summed E-state index contributed by atoms with van der Waals surface area (Å²) in [5, 5.41) is 9.29. The number of amides is 1. The van der Waals surface area contributed by atoms with E-state index in [1.807, 2.05) is 13.8 Å². The molecule has 0 aliphatic rings. The Morgan fingerprint density at radius 2 is 2.27 bits per heavy atom. The largest absolute Gasteiger partial charge is 0.379 e. The maximum Gasteiger partial charge on any atom is 0.277 e. The second-order valence-electron chi connectivity index (χ2n) is 3.64. The van der Waals surface area contributed by atoms with Crippen LogP contribution in [0.15, 0.2) is 4.63 Å². The van der Waals surface area contributed by atoms with Gasteiger partial charge in [0.2, 0.25) is 11.5 Å². The minimum absolute atomic E-state index is 0.0121. The first-order chi connectivity index (χ1) is 6.96. The molecule has 7 nitrogen and oxygen atoms in total. The lowest BCUT2D eigenvalue weighted by Crippen LogP contribution is -2.40. The molecule has 0 aromatic carbocycles. The zero-order chi connectivity index (χ0) is 11.5. The van der Waals surface area contributed by atoms with Crippen LogP contribution in [0.5, 0.6) is 0 Å². The molecule has 1 aromatic heterocycles. The van der Waals surface area contributed by atoms with Gasteiger partial charge in [0.05, 0.1) is 5.60 Å². The van der Waals surface area contributed by atoms with Crippen molar-refractivity contribution in [2.45, 2.75) is 19.4 Å². The summed E-state index contributed by atoms with van der Waals surface area (Å²) in [6, 6.07) is 0. The van der Waals surface area contributed by atoms with Crippen LogP contribution in [0.25, 0.3) is 0 Å². The molecule has 0 saturated carbocycles. The lowest BCUT2D eigenvalue weighted by atomic mass is 10.1. The molecule has 0 atom stereocenters. The van der Waals surface area contributed by atoms with E-state index in [0.717, 1.165) is 0 Å². The predicted octanol–water partition coefficient (Wildman–Crippen LogP) is -0.193. The predicted molar refractivity (Wildman–Crippen MR) is 52.1 cm³/mol. The molecule has 0 fully saturated rings. The fourth-order valence-corrected chi connectivity index (χ4v) is 0.802. The van der Waals surface area contributed by atoms with Crippen LogP contribution in [0, 0.1) is 0 Å². The smallest absolute Gasteiger partial charge is 0.277 e. The van der Waals surface area contributed by atoms with Gasteiger partial charge in [0.15, 0.2) is 0 Å². The van der Waals surface area contributed by atoms with E-state index in [2.05, 4.69) is 20.3 Å². The number of carbonyl (C=O) groups excluding carboxylic acids is 1. The number of hydrogen-bond acceptors (Lipinski definition) is 6. The van der Waals surface area contributed by atoms with Crippen molar-refractivity contribution in [1.82, 2.24) is 15.6 Å². The van der Waals surface area contributed by atoms with Crippen molar-refractivity contribution in [2.24, 2.45) is 0 Å². The SMILES string of the molecule is COC(C)(C)CNC(=O)c1nonc1N. The first-order valence-corrected chi connectivity index (χ1v) is 4.37. The van der Waals surface area contributed by atoms with Gasteiger partial charge in [0.1, 0.15) is 0 Å². The van der Waals surface area contributed by atoms with Crippen LogP contribution in [0.1, 0.15) is 24.3 Å². The van der Waals surface area contributed by atoms with Gasteiger partial charge in [-0.15, -0.1) is 0 Å². The number of ether oxygens (including phenoxy) is 1. The molecular weight excluding hydrogens is 200 g/mol. The van der Waals surface area contributed by atoms with Gasteiger partial charge in [0.25, 0.3) is 5.91 Å². The topological polar surface area (TPSA) is 103 Å². The van der Waals surface area contributed by atoms with Gasteiger partial charge in [-0.25, -0.2) is 4.63 Å². The summed E-state index contributed by atoms with van der Waals surface area (Å²) in [5.41, 5.74) is 4.90. The monoisotopic (exact) mass is 214 g/mol. The van der Waals surface area contributed by atoms with Crippen LogP contribution in [-0.2, 0) is 4.74 Å². The van der Waals surface area contributed by atoms with Crippen molar-refractivity contribution in [3.8, 4) is 0 Å². The Hall–Kier alpha value is -1.63. The maximum atomic E-state index is 11.5. The van der Waals surface area contributed by atoms with E-state index >= 15 is 0 Å². The zero-order valence-electron chi connectivity index (χ0n) is 8.90. The van der Waals surface area contributed by atoms with Gasteiger partial charge in [-0.05, 0) is 24.2 Å².